The van der Waals surface area contributed by atoms with Gasteiger partial charge in [0.05, 0.1) is 33.9 Å². The second-order valence-electron chi connectivity index (χ2n) is 6.31. The summed E-state index contributed by atoms with van der Waals surface area (Å²) in [4.78, 5) is 28.4. The second kappa shape index (κ2) is 7.84. The van der Waals surface area contributed by atoms with Crippen LogP contribution >= 0.6 is 11.6 Å². The fourth-order valence-electron chi connectivity index (χ4n) is 2.87. The third-order valence-corrected chi connectivity index (χ3v) is 4.74. The number of anilines is 1. The molecule has 0 aliphatic heterocycles. The van der Waals surface area contributed by atoms with Gasteiger partial charge in [-0.3, -0.25) is 14.2 Å². The van der Waals surface area contributed by atoms with Crippen LogP contribution in [0.15, 0.2) is 47.5 Å². The summed E-state index contributed by atoms with van der Waals surface area (Å²) >= 11 is 5.66. The minimum absolute atomic E-state index is 0.167. The van der Waals surface area contributed by atoms with E-state index in [-0.39, 0.29) is 16.6 Å². The molecule has 0 spiro atoms. The van der Waals surface area contributed by atoms with Crippen LogP contribution in [0, 0.1) is 0 Å². The van der Waals surface area contributed by atoms with Gasteiger partial charge in [0.1, 0.15) is 6.61 Å². The highest BCUT2D eigenvalue weighted by Gasteiger charge is 2.33. The third-order valence-electron chi connectivity index (χ3n) is 4.41. The molecule has 2 aromatic carbocycles. The molecular weight excluding hydrogens is 411 g/mol. The number of halogens is 4. The van der Waals surface area contributed by atoms with E-state index >= 15 is 0 Å². The highest BCUT2D eigenvalue weighted by atomic mass is 35.5. The Bertz CT molecular complexity index is 1140. The van der Waals surface area contributed by atoms with Crippen LogP contribution in [0.1, 0.15) is 24.1 Å². The Kier molecular flexibility index (Phi) is 5.63. The summed E-state index contributed by atoms with van der Waals surface area (Å²) < 4.78 is 40.6. The lowest BCUT2D eigenvalue weighted by atomic mass is 10.0. The lowest BCUT2D eigenvalue weighted by Crippen LogP contribution is -2.25. The van der Waals surface area contributed by atoms with E-state index in [2.05, 4.69) is 10.3 Å². The van der Waals surface area contributed by atoms with Crippen LogP contribution in [0.2, 0.25) is 5.02 Å². The number of benzene rings is 2. The summed E-state index contributed by atoms with van der Waals surface area (Å²) in [6.45, 7) is 0.847. The van der Waals surface area contributed by atoms with Crippen LogP contribution in [0.4, 0.5) is 18.9 Å². The number of carbonyl (C=O) groups excluding carboxylic acids is 1. The average molecular weight is 426 g/mol. The van der Waals surface area contributed by atoms with Crippen molar-refractivity contribution in [2.45, 2.75) is 19.1 Å². The Morgan fingerprint density at radius 1 is 1.28 bits per heavy atom. The predicted molar refractivity (Wildman–Crippen MR) is 102 cm³/mol. The number of amides is 1. The Hall–Kier alpha value is -2.91. The monoisotopic (exact) mass is 425 g/mol. The first kappa shape index (κ1) is 20.8. The van der Waals surface area contributed by atoms with Gasteiger partial charge in [-0.25, -0.2) is 4.98 Å². The van der Waals surface area contributed by atoms with E-state index in [1.807, 2.05) is 0 Å². The molecule has 1 aromatic heterocycles. The van der Waals surface area contributed by atoms with Gasteiger partial charge in [0.15, 0.2) is 0 Å². The first-order valence-corrected chi connectivity index (χ1v) is 8.78. The maximum absolute atomic E-state index is 13.1. The highest BCUT2D eigenvalue weighted by Crippen LogP contribution is 2.36. The van der Waals surface area contributed by atoms with Gasteiger partial charge in [0.2, 0.25) is 5.91 Å². The first-order valence-electron chi connectivity index (χ1n) is 8.40. The maximum atomic E-state index is 13.1. The van der Waals surface area contributed by atoms with E-state index in [1.54, 1.807) is 6.92 Å². The summed E-state index contributed by atoms with van der Waals surface area (Å²) in [5.41, 5.74) is -0.612. The predicted octanol–water partition coefficient (Wildman–Crippen LogP) is 3.61. The van der Waals surface area contributed by atoms with E-state index in [1.165, 1.54) is 35.2 Å². The molecule has 1 unspecified atom stereocenters. The van der Waals surface area contributed by atoms with Gasteiger partial charge in [-0.15, -0.1) is 0 Å². The molecule has 3 rings (SSSR count). The van der Waals surface area contributed by atoms with E-state index in [9.17, 15) is 22.8 Å². The number of aliphatic hydroxyl groups is 1. The zero-order valence-corrected chi connectivity index (χ0v) is 15.8. The molecule has 0 saturated carbocycles. The lowest BCUT2D eigenvalue weighted by molar-refractivity contribution is -0.137. The van der Waals surface area contributed by atoms with Crippen LogP contribution in [-0.4, -0.2) is 27.2 Å². The van der Waals surface area contributed by atoms with Crippen molar-refractivity contribution in [2.75, 3.05) is 11.9 Å². The van der Waals surface area contributed by atoms with Gasteiger partial charge < -0.3 is 10.4 Å². The number of alkyl halides is 3. The summed E-state index contributed by atoms with van der Waals surface area (Å²) in [7, 11) is 0. The molecule has 0 aliphatic rings. The Morgan fingerprint density at radius 3 is 2.66 bits per heavy atom. The molecule has 1 atom stereocenters. The molecule has 0 bridgehead atoms. The van der Waals surface area contributed by atoms with Crippen molar-refractivity contribution < 1.29 is 23.1 Å². The molecule has 3 aromatic rings. The minimum atomic E-state index is -4.63. The maximum Gasteiger partial charge on any atom is 0.417 e. The zero-order chi connectivity index (χ0) is 21.3. The molecule has 0 aliphatic carbocycles. The molecule has 10 heteroatoms. The van der Waals surface area contributed by atoms with Crippen LogP contribution < -0.4 is 10.9 Å². The van der Waals surface area contributed by atoms with Crippen molar-refractivity contribution >= 4 is 34.1 Å². The standard InChI is InChI=1S/C19H15ClF3N3O3/c1-10(11-2-4-15(20)14(6-11)19(21,22)23)26-9-24-16-5-3-12(25-17(28)8-27)7-13(16)18(26)29/h2-7,9-10,27H,8H2,1H3,(H,25,28). The number of nitrogens with one attached hydrogen (secondary N) is 1. The normalized spacial score (nSPS) is 12.8. The molecular formula is C19H15ClF3N3O3. The molecule has 2 N–H and O–H groups in total. The topological polar surface area (TPSA) is 84.2 Å². The largest absolute Gasteiger partial charge is 0.417 e. The number of aromatic nitrogens is 2. The average Bonchev–Trinajstić information content (AvgIpc) is 2.67. The second-order valence-corrected chi connectivity index (χ2v) is 6.72. The van der Waals surface area contributed by atoms with Crippen LogP contribution in [-0.2, 0) is 11.0 Å². The number of rotatable bonds is 4. The molecule has 1 heterocycles. The van der Waals surface area contributed by atoms with Crippen molar-refractivity contribution in [1.29, 1.82) is 0 Å². The van der Waals surface area contributed by atoms with Gasteiger partial charge in [0, 0.05) is 5.69 Å². The number of hydrogen-bond acceptors (Lipinski definition) is 4. The van der Waals surface area contributed by atoms with E-state index in [0.717, 1.165) is 12.1 Å². The Balaban J connectivity index is 2.06. The van der Waals surface area contributed by atoms with Crippen LogP contribution in [0.5, 0.6) is 0 Å². The van der Waals surface area contributed by atoms with Crippen molar-refractivity contribution in [1.82, 2.24) is 9.55 Å². The molecule has 0 saturated heterocycles. The zero-order valence-electron chi connectivity index (χ0n) is 15.0. The Labute approximate surface area is 167 Å². The van der Waals surface area contributed by atoms with E-state index in [4.69, 9.17) is 16.7 Å². The molecule has 0 radical (unpaired) electrons. The number of aliphatic hydroxyl groups excluding tert-OH is 1. The number of hydrogen-bond donors (Lipinski definition) is 2. The molecule has 6 nitrogen and oxygen atoms in total. The molecule has 152 valence electrons. The van der Waals surface area contributed by atoms with Crippen molar-refractivity contribution in [3.63, 3.8) is 0 Å². The Morgan fingerprint density at radius 2 is 2.00 bits per heavy atom. The summed E-state index contributed by atoms with van der Waals surface area (Å²) in [5, 5.41) is 11.0. The summed E-state index contributed by atoms with van der Waals surface area (Å²) in [6, 6.07) is 7.13. The van der Waals surface area contributed by atoms with Gasteiger partial charge in [0.25, 0.3) is 5.56 Å². The highest BCUT2D eigenvalue weighted by molar-refractivity contribution is 6.31. The van der Waals surface area contributed by atoms with Crippen LogP contribution in [0.25, 0.3) is 10.9 Å². The van der Waals surface area contributed by atoms with Gasteiger partial charge in [-0.1, -0.05) is 17.7 Å². The number of fused-ring (bicyclic) bond motifs is 1. The smallest absolute Gasteiger partial charge is 0.387 e. The van der Waals surface area contributed by atoms with E-state index in [0.29, 0.717) is 5.52 Å². The fraction of sp³-hybridized carbons (Fsp3) is 0.211. The van der Waals surface area contributed by atoms with Gasteiger partial charge in [-0.05, 0) is 42.8 Å². The molecule has 29 heavy (non-hydrogen) atoms. The molecule has 0 fully saturated rings. The lowest BCUT2D eigenvalue weighted by Gasteiger charge is -2.18. The third kappa shape index (κ3) is 4.25. The quantitative estimate of drug-likeness (QED) is 0.669. The number of carbonyl (C=O) groups is 1. The SMILES string of the molecule is CC(c1ccc(Cl)c(C(F)(F)F)c1)n1cnc2ccc(NC(=O)CO)cc2c1=O. The fourth-order valence-corrected chi connectivity index (χ4v) is 3.10. The van der Waals surface area contributed by atoms with Crippen molar-refractivity contribution in [2.24, 2.45) is 0 Å². The molecule has 1 amide bonds. The first-order chi connectivity index (χ1) is 13.6. The van der Waals surface area contributed by atoms with Gasteiger partial charge >= 0.3 is 6.18 Å². The minimum Gasteiger partial charge on any atom is -0.387 e. The van der Waals surface area contributed by atoms with E-state index < -0.39 is 40.9 Å². The van der Waals surface area contributed by atoms with Crippen LogP contribution in [0.3, 0.4) is 0 Å². The number of nitrogens with zero attached hydrogens (tertiary/aromatic N) is 2. The van der Waals surface area contributed by atoms with Gasteiger partial charge in [-0.2, -0.15) is 13.2 Å². The van der Waals surface area contributed by atoms with Crippen molar-refractivity contribution in [3.05, 3.63) is 69.2 Å². The summed E-state index contributed by atoms with van der Waals surface area (Å²) in [5.74, 6) is -0.650. The summed E-state index contributed by atoms with van der Waals surface area (Å²) in [6.07, 6.45) is -3.37. The van der Waals surface area contributed by atoms with Crippen molar-refractivity contribution in [3.8, 4) is 0 Å².